The third-order valence-electron chi connectivity index (χ3n) is 6.94. The minimum Gasteiger partial charge on any atom is -0.381 e. The summed E-state index contributed by atoms with van der Waals surface area (Å²) >= 11 is 0. The maximum Gasteiger partial charge on any atom is 0.255 e. The summed E-state index contributed by atoms with van der Waals surface area (Å²) in [6.07, 6.45) is 0.442. The van der Waals surface area contributed by atoms with E-state index in [1.165, 1.54) is 21.9 Å². The molecule has 0 bridgehead atoms. The first-order valence-corrected chi connectivity index (χ1v) is 11.8. The fraction of sp³-hybridized carbons (Fsp3) is 0.400. The largest absolute Gasteiger partial charge is 0.381 e. The van der Waals surface area contributed by atoms with Gasteiger partial charge in [-0.1, -0.05) is 18.2 Å². The first-order valence-electron chi connectivity index (χ1n) is 11.8. The number of morpholine rings is 1. The fourth-order valence-corrected chi connectivity index (χ4v) is 4.90. The second-order valence-corrected chi connectivity index (χ2v) is 9.13. The number of halogens is 1. The maximum atomic E-state index is 14.9. The maximum absolute atomic E-state index is 14.9. The number of nitrogens with one attached hydrogen (secondary N) is 2. The molecule has 5 rings (SSSR count). The van der Waals surface area contributed by atoms with Gasteiger partial charge in [0.25, 0.3) is 11.8 Å². The molecular formula is C25H27FN4O6. The normalized spacial score (nSPS) is 20.9. The second-order valence-electron chi connectivity index (χ2n) is 9.13. The van der Waals surface area contributed by atoms with Crippen LogP contribution in [0.3, 0.4) is 0 Å². The van der Waals surface area contributed by atoms with Crippen LogP contribution in [0.4, 0.5) is 10.1 Å². The molecule has 10 nitrogen and oxygen atoms in total. The Kier molecular flexibility index (Phi) is 6.47. The molecule has 190 valence electrons. The molecule has 0 saturated carbocycles. The highest BCUT2D eigenvalue weighted by molar-refractivity contribution is 6.06. The van der Waals surface area contributed by atoms with Crippen LogP contribution in [0.25, 0.3) is 0 Å². The predicted molar refractivity (Wildman–Crippen MR) is 125 cm³/mol. The molecule has 1 atom stereocenters. The standard InChI is InChI=1S/C25H27FN4O6/c26-19-12-16(25(34,35)29-8-10-36-11-9-29)5-4-15(19)13-27-20-3-1-2-17-18(20)14-30(24(17)33)21-6-7-22(31)28-23(21)32/h1-5,12,21,27,34-35H,6-11,13-14H2,(H,28,31,32). The Balaban J connectivity index is 1.30. The molecule has 3 aliphatic heterocycles. The lowest BCUT2D eigenvalue weighted by molar-refractivity contribution is -0.287. The average molecular weight is 499 g/mol. The van der Waals surface area contributed by atoms with Gasteiger partial charge in [0.2, 0.25) is 11.8 Å². The Labute approximate surface area is 206 Å². The molecule has 2 saturated heterocycles. The van der Waals surface area contributed by atoms with E-state index in [0.29, 0.717) is 48.7 Å². The zero-order valence-electron chi connectivity index (χ0n) is 19.5. The van der Waals surface area contributed by atoms with Gasteiger partial charge in [-0.3, -0.25) is 19.7 Å². The summed E-state index contributed by atoms with van der Waals surface area (Å²) in [6, 6.07) is 8.51. The molecule has 0 spiro atoms. The molecule has 3 amide bonds. The number of benzene rings is 2. The summed E-state index contributed by atoms with van der Waals surface area (Å²) in [6.45, 7) is 1.63. The van der Waals surface area contributed by atoms with Gasteiger partial charge in [0.05, 0.1) is 13.2 Å². The second kappa shape index (κ2) is 9.58. The molecule has 2 aromatic rings. The van der Waals surface area contributed by atoms with Gasteiger partial charge < -0.3 is 25.2 Å². The quantitative estimate of drug-likeness (QED) is 0.337. The molecule has 3 heterocycles. The van der Waals surface area contributed by atoms with E-state index in [1.54, 1.807) is 18.2 Å². The molecular weight excluding hydrogens is 471 g/mol. The summed E-state index contributed by atoms with van der Waals surface area (Å²) in [4.78, 5) is 39.6. The van der Waals surface area contributed by atoms with E-state index >= 15 is 0 Å². The average Bonchev–Trinajstić information content (AvgIpc) is 3.20. The summed E-state index contributed by atoms with van der Waals surface area (Å²) in [5.41, 5.74) is 2.11. The molecule has 36 heavy (non-hydrogen) atoms. The van der Waals surface area contributed by atoms with E-state index in [4.69, 9.17) is 4.74 Å². The first kappa shape index (κ1) is 24.3. The monoisotopic (exact) mass is 498 g/mol. The van der Waals surface area contributed by atoms with E-state index in [-0.39, 0.29) is 43.3 Å². The van der Waals surface area contributed by atoms with Crippen molar-refractivity contribution in [2.75, 3.05) is 31.6 Å². The number of fused-ring (bicyclic) bond motifs is 1. The smallest absolute Gasteiger partial charge is 0.255 e. The van der Waals surface area contributed by atoms with Gasteiger partial charge in [-0.2, -0.15) is 0 Å². The third kappa shape index (κ3) is 4.46. The van der Waals surface area contributed by atoms with Gasteiger partial charge in [-0.15, -0.1) is 0 Å². The number of carbonyl (C=O) groups is 3. The number of nitrogens with zero attached hydrogens (tertiary/aromatic N) is 2. The predicted octanol–water partition coefficient (Wildman–Crippen LogP) is 0.626. The van der Waals surface area contributed by atoms with Crippen molar-refractivity contribution < 1.29 is 33.7 Å². The van der Waals surface area contributed by atoms with Crippen molar-refractivity contribution in [3.8, 4) is 0 Å². The molecule has 2 fully saturated rings. The highest BCUT2D eigenvalue weighted by atomic mass is 19.1. The van der Waals surface area contributed by atoms with E-state index < -0.39 is 23.7 Å². The number of amides is 3. The van der Waals surface area contributed by atoms with Crippen LogP contribution < -0.4 is 10.6 Å². The summed E-state index contributed by atoms with van der Waals surface area (Å²) in [5, 5.41) is 26.6. The fourth-order valence-electron chi connectivity index (χ4n) is 4.90. The molecule has 0 aliphatic carbocycles. The third-order valence-corrected chi connectivity index (χ3v) is 6.94. The zero-order chi connectivity index (χ0) is 25.4. The van der Waals surface area contributed by atoms with Crippen molar-refractivity contribution in [2.24, 2.45) is 0 Å². The molecule has 11 heteroatoms. The summed E-state index contributed by atoms with van der Waals surface area (Å²) in [7, 11) is 0. The van der Waals surface area contributed by atoms with E-state index in [9.17, 15) is 29.0 Å². The SMILES string of the molecule is O=C1CCC(N2Cc3c(NCc4ccc(C(O)(O)N5CCOCC5)cc4F)cccc3C2=O)C(=O)N1. The van der Waals surface area contributed by atoms with Crippen molar-refractivity contribution in [3.05, 3.63) is 64.5 Å². The van der Waals surface area contributed by atoms with Gasteiger partial charge in [-0.25, -0.2) is 9.29 Å². The van der Waals surface area contributed by atoms with Crippen molar-refractivity contribution in [3.63, 3.8) is 0 Å². The minimum atomic E-state index is -2.31. The number of carbonyl (C=O) groups excluding carboxylic acids is 3. The van der Waals surface area contributed by atoms with E-state index in [0.717, 1.165) is 6.07 Å². The van der Waals surface area contributed by atoms with Gasteiger partial charge >= 0.3 is 0 Å². The number of hydrogen-bond acceptors (Lipinski definition) is 8. The Hall–Kier alpha value is -3.38. The molecule has 4 N–H and O–H groups in total. The van der Waals surface area contributed by atoms with Crippen LogP contribution in [-0.4, -0.2) is 70.1 Å². The van der Waals surface area contributed by atoms with Crippen LogP contribution in [0.2, 0.25) is 0 Å². The summed E-state index contributed by atoms with van der Waals surface area (Å²) in [5.74, 6) is -4.03. The lowest BCUT2D eigenvalue weighted by atomic mass is 10.0. The van der Waals surface area contributed by atoms with Gasteiger partial charge in [0, 0.05) is 60.5 Å². The lowest BCUT2D eigenvalue weighted by Crippen LogP contribution is -2.52. The van der Waals surface area contributed by atoms with Crippen molar-refractivity contribution in [1.82, 2.24) is 15.1 Å². The Morgan fingerprint density at radius 3 is 2.64 bits per heavy atom. The van der Waals surface area contributed by atoms with Crippen LogP contribution in [-0.2, 0) is 33.3 Å². The van der Waals surface area contributed by atoms with Crippen molar-refractivity contribution in [2.45, 2.75) is 37.9 Å². The number of anilines is 1. The minimum absolute atomic E-state index is 0.0248. The van der Waals surface area contributed by atoms with Crippen LogP contribution in [0.15, 0.2) is 36.4 Å². The topological polar surface area (TPSA) is 131 Å². The highest BCUT2D eigenvalue weighted by Gasteiger charge is 2.40. The van der Waals surface area contributed by atoms with E-state index in [2.05, 4.69) is 10.6 Å². The number of aliphatic hydroxyl groups is 2. The number of imide groups is 1. The number of ether oxygens (including phenoxy) is 1. The lowest BCUT2D eigenvalue weighted by Gasteiger charge is -2.37. The van der Waals surface area contributed by atoms with Crippen LogP contribution >= 0.6 is 0 Å². The van der Waals surface area contributed by atoms with Crippen molar-refractivity contribution in [1.29, 1.82) is 0 Å². The Morgan fingerprint density at radius 2 is 1.92 bits per heavy atom. The van der Waals surface area contributed by atoms with Gasteiger partial charge in [-0.05, 0) is 24.6 Å². The molecule has 1 unspecified atom stereocenters. The van der Waals surface area contributed by atoms with Crippen LogP contribution in [0.5, 0.6) is 0 Å². The zero-order valence-corrected chi connectivity index (χ0v) is 19.5. The van der Waals surface area contributed by atoms with Crippen molar-refractivity contribution >= 4 is 23.4 Å². The van der Waals surface area contributed by atoms with Crippen LogP contribution in [0, 0.1) is 5.82 Å². The van der Waals surface area contributed by atoms with Gasteiger partial charge in [0.15, 0.2) is 0 Å². The Morgan fingerprint density at radius 1 is 1.14 bits per heavy atom. The molecule has 3 aliphatic rings. The molecule has 0 radical (unpaired) electrons. The highest BCUT2D eigenvalue weighted by Crippen LogP contribution is 2.33. The van der Waals surface area contributed by atoms with Gasteiger partial charge in [0.1, 0.15) is 11.9 Å². The molecule has 0 aromatic heterocycles. The first-order chi connectivity index (χ1) is 17.3. The number of piperidine rings is 1. The number of rotatable bonds is 6. The van der Waals surface area contributed by atoms with E-state index in [1.807, 2.05) is 0 Å². The Bertz CT molecular complexity index is 1210. The number of hydrogen-bond donors (Lipinski definition) is 4. The van der Waals surface area contributed by atoms with Crippen LogP contribution in [0.1, 0.15) is 39.9 Å². The molecule has 2 aromatic carbocycles. The summed E-state index contributed by atoms with van der Waals surface area (Å²) < 4.78 is 20.2.